The average molecular weight is 733 g/mol. The Balaban J connectivity index is 1.31. The summed E-state index contributed by atoms with van der Waals surface area (Å²) in [4.78, 5) is 28.4. The highest BCUT2D eigenvalue weighted by Crippen LogP contribution is 2.45. The van der Waals surface area contributed by atoms with E-state index in [-0.39, 0.29) is 49.3 Å². The number of benzene rings is 1. The van der Waals surface area contributed by atoms with Crippen LogP contribution in [-0.4, -0.2) is 81.3 Å². The van der Waals surface area contributed by atoms with Gasteiger partial charge in [0.1, 0.15) is 12.4 Å². The molecule has 0 aliphatic carbocycles. The lowest BCUT2D eigenvalue weighted by atomic mass is 9.90. The van der Waals surface area contributed by atoms with Gasteiger partial charge in [0, 0.05) is 56.8 Å². The number of ether oxygens (including phenoxy) is 2. The molecule has 15 heteroatoms. The Morgan fingerprint density at radius 2 is 2.02 bits per heavy atom. The zero-order valence-electron chi connectivity index (χ0n) is 29.9. The van der Waals surface area contributed by atoms with Gasteiger partial charge in [-0.2, -0.15) is 28.2 Å². The molecule has 0 saturated carbocycles. The number of aryl methyl sites for hydroxylation is 1. The molecule has 2 aromatic heterocycles. The summed E-state index contributed by atoms with van der Waals surface area (Å²) in [5.41, 5.74) is 5.98. The number of fused-ring (bicyclic) bond motifs is 3. The normalized spacial score (nSPS) is 21.2. The number of nitrogen functional groups attached to an aromatic ring is 1. The number of aromatic nitrogens is 4. The van der Waals surface area contributed by atoms with Gasteiger partial charge in [-0.15, -0.1) is 12.3 Å². The van der Waals surface area contributed by atoms with Crippen molar-refractivity contribution in [2.75, 3.05) is 51.0 Å². The molecule has 11 nitrogen and oxygen atoms in total. The van der Waals surface area contributed by atoms with Crippen LogP contribution in [0.15, 0.2) is 18.2 Å². The van der Waals surface area contributed by atoms with Gasteiger partial charge in [0.2, 0.25) is 0 Å². The van der Waals surface area contributed by atoms with Crippen LogP contribution in [0, 0.1) is 30.0 Å². The van der Waals surface area contributed by atoms with Crippen molar-refractivity contribution in [3.05, 3.63) is 68.9 Å². The maximum Gasteiger partial charge on any atom is 0.418 e. The minimum Gasteiger partial charge on any atom is -0.461 e. The van der Waals surface area contributed by atoms with Crippen molar-refractivity contribution in [3.8, 4) is 30.2 Å². The van der Waals surface area contributed by atoms with E-state index in [1.807, 2.05) is 4.90 Å². The van der Waals surface area contributed by atoms with Gasteiger partial charge in [-0.25, -0.2) is 4.39 Å². The summed E-state index contributed by atoms with van der Waals surface area (Å²) >= 11 is 0. The van der Waals surface area contributed by atoms with E-state index in [1.165, 1.54) is 11.8 Å². The van der Waals surface area contributed by atoms with Crippen LogP contribution in [0.3, 0.4) is 0 Å². The standard InChI is InChI=1S/C38H40F4N8O3/c1-6-10-23-15-26(43)32(39)30(31(23)38(40,41)42)29-16-27-25(20-52-29)34(45-36(44-27)53-21-37-11-8-13-49(37)18-22(3)17-37)48-12-9-14-50-28(19-48)24(7-2)33(46-50)35(51)47(4)5/h2,15,29H,3,8-9,11-14,16-21,43H2,1,4-5H3/t29-,37+/m0/s1. The zero-order chi connectivity index (χ0) is 37.8. The fraction of sp³-hybridized carbons (Fsp3) is 0.474. The minimum atomic E-state index is -4.95. The number of amides is 1. The molecule has 1 aromatic carbocycles. The monoisotopic (exact) mass is 732 g/mol. The highest BCUT2D eigenvalue weighted by molar-refractivity contribution is 5.94. The van der Waals surface area contributed by atoms with E-state index in [4.69, 9.17) is 31.6 Å². The molecule has 4 aliphatic rings. The van der Waals surface area contributed by atoms with Crippen LogP contribution in [0.2, 0.25) is 0 Å². The quantitative estimate of drug-likeness (QED) is 0.164. The molecule has 1 amide bonds. The Labute approximate surface area is 305 Å². The van der Waals surface area contributed by atoms with Crippen molar-refractivity contribution in [1.82, 2.24) is 29.5 Å². The molecule has 3 aromatic rings. The molecule has 4 aliphatic heterocycles. The highest BCUT2D eigenvalue weighted by Gasteiger charge is 2.47. The molecular weight excluding hydrogens is 692 g/mol. The minimum absolute atomic E-state index is 0.0400. The second-order valence-electron chi connectivity index (χ2n) is 14.2. The lowest BCUT2D eigenvalue weighted by molar-refractivity contribution is -0.140. The number of halogens is 4. The number of carbonyl (C=O) groups is 1. The second-order valence-corrected chi connectivity index (χ2v) is 14.2. The summed E-state index contributed by atoms with van der Waals surface area (Å²) in [7, 11) is 3.25. The SMILES string of the molecule is C#Cc1c(C(=O)N(C)C)nn2c1CN(c1nc(OC[C@]34CCCN3CC(=C)C4)nc3c1CO[C@H](c1c(F)c(N)cc(C#CC)c1C(F)(F)F)C3)CCC2. The van der Waals surface area contributed by atoms with Gasteiger partial charge in [-0.1, -0.05) is 24.0 Å². The van der Waals surface area contributed by atoms with Crippen LogP contribution < -0.4 is 15.4 Å². The smallest absolute Gasteiger partial charge is 0.418 e. The number of nitrogens with zero attached hydrogens (tertiary/aromatic N) is 7. The van der Waals surface area contributed by atoms with Gasteiger partial charge in [-0.05, 0) is 45.2 Å². The van der Waals surface area contributed by atoms with E-state index in [0.717, 1.165) is 44.0 Å². The zero-order valence-corrected chi connectivity index (χ0v) is 29.9. The number of hydrogen-bond acceptors (Lipinski definition) is 9. The van der Waals surface area contributed by atoms with Crippen LogP contribution in [0.1, 0.15) is 88.4 Å². The van der Waals surface area contributed by atoms with Gasteiger partial charge in [-0.3, -0.25) is 14.4 Å². The maximum atomic E-state index is 15.8. The van der Waals surface area contributed by atoms with E-state index in [2.05, 4.69) is 34.3 Å². The van der Waals surface area contributed by atoms with Crippen molar-refractivity contribution >= 4 is 17.4 Å². The van der Waals surface area contributed by atoms with Crippen LogP contribution in [-0.2, 0) is 37.0 Å². The average Bonchev–Trinajstić information content (AvgIpc) is 3.70. The number of terminal acetylenes is 1. The number of anilines is 2. The predicted octanol–water partition coefficient (Wildman–Crippen LogP) is 4.87. The van der Waals surface area contributed by atoms with E-state index in [0.29, 0.717) is 47.8 Å². The van der Waals surface area contributed by atoms with Crippen molar-refractivity contribution in [2.24, 2.45) is 0 Å². The molecule has 2 N–H and O–H groups in total. The molecule has 0 spiro atoms. The Morgan fingerprint density at radius 3 is 2.74 bits per heavy atom. The summed E-state index contributed by atoms with van der Waals surface area (Å²) in [6.45, 7) is 8.56. The molecule has 6 heterocycles. The number of nitrogens with two attached hydrogens (primary N) is 1. The van der Waals surface area contributed by atoms with Gasteiger partial charge in [0.25, 0.3) is 5.91 Å². The van der Waals surface area contributed by atoms with Gasteiger partial charge in [0.05, 0.1) is 53.0 Å². The fourth-order valence-corrected chi connectivity index (χ4v) is 8.14. The summed E-state index contributed by atoms with van der Waals surface area (Å²) in [5, 5.41) is 4.57. The first kappa shape index (κ1) is 36.2. The van der Waals surface area contributed by atoms with Crippen molar-refractivity contribution in [1.29, 1.82) is 0 Å². The maximum absolute atomic E-state index is 15.8. The molecule has 2 fully saturated rings. The molecule has 0 radical (unpaired) electrons. The van der Waals surface area contributed by atoms with E-state index in [1.54, 1.807) is 18.8 Å². The molecule has 0 bridgehead atoms. The molecule has 7 rings (SSSR count). The van der Waals surface area contributed by atoms with Crippen molar-refractivity contribution in [3.63, 3.8) is 0 Å². The van der Waals surface area contributed by atoms with E-state index < -0.39 is 40.5 Å². The molecule has 53 heavy (non-hydrogen) atoms. The molecule has 0 unspecified atom stereocenters. The third kappa shape index (κ3) is 6.46. The van der Waals surface area contributed by atoms with Crippen LogP contribution in [0.4, 0.5) is 29.1 Å². The van der Waals surface area contributed by atoms with Crippen LogP contribution in [0.25, 0.3) is 0 Å². The van der Waals surface area contributed by atoms with E-state index in [9.17, 15) is 18.0 Å². The Kier molecular flexibility index (Phi) is 9.37. The third-order valence-corrected chi connectivity index (χ3v) is 10.5. The summed E-state index contributed by atoms with van der Waals surface area (Å²) in [5.74, 6) is 6.46. The van der Waals surface area contributed by atoms with Gasteiger partial charge in [0.15, 0.2) is 11.5 Å². The van der Waals surface area contributed by atoms with Crippen LogP contribution in [0.5, 0.6) is 6.01 Å². The van der Waals surface area contributed by atoms with Crippen molar-refractivity contribution in [2.45, 2.75) is 76.5 Å². The lowest BCUT2D eigenvalue weighted by Gasteiger charge is -2.33. The first-order valence-corrected chi connectivity index (χ1v) is 17.4. The first-order chi connectivity index (χ1) is 25.2. The molecular formula is C38H40F4N8O3. The summed E-state index contributed by atoms with van der Waals surface area (Å²) < 4.78 is 73.8. The number of hydrogen-bond donors (Lipinski definition) is 1. The Bertz CT molecular complexity index is 2110. The first-order valence-electron chi connectivity index (χ1n) is 17.4. The highest BCUT2D eigenvalue weighted by atomic mass is 19.4. The summed E-state index contributed by atoms with van der Waals surface area (Å²) in [6.07, 6.45) is 2.69. The number of carbonyl (C=O) groups excluding carboxylic acids is 1. The molecule has 2 atom stereocenters. The number of alkyl halides is 3. The van der Waals surface area contributed by atoms with Gasteiger partial charge >= 0.3 is 12.2 Å². The molecule has 2 saturated heterocycles. The van der Waals surface area contributed by atoms with Gasteiger partial charge < -0.3 is 25.0 Å². The Morgan fingerprint density at radius 1 is 1.23 bits per heavy atom. The van der Waals surface area contributed by atoms with Crippen molar-refractivity contribution < 1.29 is 31.8 Å². The fourth-order valence-electron chi connectivity index (χ4n) is 8.14. The molecule has 278 valence electrons. The van der Waals surface area contributed by atoms with E-state index >= 15 is 4.39 Å². The lowest BCUT2D eigenvalue weighted by Crippen LogP contribution is -2.43. The predicted molar refractivity (Wildman–Crippen MR) is 188 cm³/mol. The van der Waals surface area contributed by atoms with Crippen LogP contribution >= 0.6 is 0 Å². The number of rotatable bonds is 6. The topological polar surface area (TPSA) is 115 Å². The summed E-state index contributed by atoms with van der Waals surface area (Å²) in [6, 6.07) is 0.939. The largest absolute Gasteiger partial charge is 0.461 e. The third-order valence-electron chi connectivity index (χ3n) is 10.5. The second kappa shape index (κ2) is 13.7. The Hall–Kier alpha value is -5.12.